The fourth-order valence-electron chi connectivity index (χ4n) is 2.51. The molecule has 0 atom stereocenters. The van der Waals surface area contributed by atoms with Gasteiger partial charge in [-0.1, -0.05) is 0 Å². The number of carbonyl (C=O) groups is 2. The van der Waals surface area contributed by atoms with Crippen LogP contribution in [0.2, 0.25) is 0 Å². The van der Waals surface area contributed by atoms with E-state index in [2.05, 4.69) is 0 Å². The standard InChI is InChI=1S/C20H23NO8S/c1-21(2)30(24,25)15-8-6-13(7-9-15)20(23)29-12-16(22)14-10-17(26-3)19(28-5)18(11-14)27-4/h6-11H,12H2,1-5H3. The maximum atomic E-state index is 12.5. The SMILES string of the molecule is COc1cc(C(=O)COC(=O)c2ccc(S(=O)(=O)N(C)C)cc2)cc(OC)c1OC. The Balaban J connectivity index is 2.12. The third kappa shape index (κ3) is 4.89. The van der Waals surface area contributed by atoms with Crippen molar-refractivity contribution in [3.63, 3.8) is 0 Å². The summed E-state index contributed by atoms with van der Waals surface area (Å²) in [5, 5.41) is 0. The number of ketones is 1. The van der Waals surface area contributed by atoms with Crippen molar-refractivity contribution in [2.24, 2.45) is 0 Å². The average Bonchev–Trinajstić information content (AvgIpc) is 2.75. The van der Waals surface area contributed by atoms with E-state index in [-0.39, 0.29) is 16.0 Å². The zero-order valence-corrected chi connectivity index (χ0v) is 18.1. The van der Waals surface area contributed by atoms with E-state index in [1.807, 2.05) is 0 Å². The van der Waals surface area contributed by atoms with Gasteiger partial charge < -0.3 is 18.9 Å². The summed E-state index contributed by atoms with van der Waals surface area (Å²) < 4.78 is 45.9. The van der Waals surface area contributed by atoms with Crippen LogP contribution in [0.4, 0.5) is 0 Å². The number of Topliss-reactive ketones (excluding diaryl/α,β-unsaturated/α-hetero) is 1. The highest BCUT2D eigenvalue weighted by Crippen LogP contribution is 2.38. The van der Waals surface area contributed by atoms with Gasteiger partial charge in [-0.2, -0.15) is 0 Å². The van der Waals surface area contributed by atoms with Gasteiger partial charge in [-0.25, -0.2) is 17.5 Å². The van der Waals surface area contributed by atoms with Crippen LogP contribution >= 0.6 is 0 Å². The van der Waals surface area contributed by atoms with Crippen LogP contribution in [-0.2, 0) is 14.8 Å². The molecule has 0 spiro atoms. The van der Waals surface area contributed by atoms with Gasteiger partial charge in [0.2, 0.25) is 21.6 Å². The molecule has 2 aromatic rings. The maximum absolute atomic E-state index is 12.5. The quantitative estimate of drug-likeness (QED) is 0.433. The molecule has 0 fully saturated rings. The van der Waals surface area contributed by atoms with E-state index in [4.69, 9.17) is 18.9 Å². The summed E-state index contributed by atoms with van der Waals surface area (Å²) in [5.41, 5.74) is 0.329. The Bertz CT molecular complexity index is 1000. The second-order valence-corrected chi connectivity index (χ2v) is 8.38. The molecule has 0 saturated carbocycles. The van der Waals surface area contributed by atoms with Gasteiger partial charge in [0.25, 0.3) is 0 Å². The maximum Gasteiger partial charge on any atom is 0.338 e. The van der Waals surface area contributed by atoms with Crippen molar-refractivity contribution >= 4 is 21.8 Å². The van der Waals surface area contributed by atoms with Crippen LogP contribution in [0, 0.1) is 0 Å². The molecule has 2 aromatic carbocycles. The Labute approximate surface area is 175 Å². The first kappa shape index (κ1) is 23.2. The second kappa shape index (κ2) is 9.59. The van der Waals surface area contributed by atoms with Crippen LogP contribution in [-0.4, -0.2) is 66.5 Å². The molecule has 0 amide bonds. The molecule has 0 aliphatic carbocycles. The van der Waals surface area contributed by atoms with Gasteiger partial charge in [0, 0.05) is 19.7 Å². The lowest BCUT2D eigenvalue weighted by Crippen LogP contribution is -2.22. The Morgan fingerprint density at radius 2 is 1.40 bits per heavy atom. The summed E-state index contributed by atoms with van der Waals surface area (Å²) in [6.45, 7) is -0.519. The van der Waals surface area contributed by atoms with Crippen molar-refractivity contribution in [1.29, 1.82) is 0 Å². The fourth-order valence-corrected chi connectivity index (χ4v) is 3.42. The van der Waals surface area contributed by atoms with E-state index in [0.29, 0.717) is 17.2 Å². The van der Waals surface area contributed by atoms with Crippen molar-refractivity contribution in [2.45, 2.75) is 4.90 Å². The Morgan fingerprint density at radius 1 is 0.867 bits per heavy atom. The number of rotatable bonds is 9. The minimum Gasteiger partial charge on any atom is -0.493 e. The van der Waals surface area contributed by atoms with Crippen molar-refractivity contribution in [3.8, 4) is 17.2 Å². The molecule has 0 aliphatic rings. The van der Waals surface area contributed by atoms with E-state index < -0.39 is 28.4 Å². The molecular formula is C20H23NO8S. The average molecular weight is 437 g/mol. The molecule has 0 heterocycles. The second-order valence-electron chi connectivity index (χ2n) is 6.23. The third-order valence-electron chi connectivity index (χ3n) is 4.19. The number of hydrogen-bond donors (Lipinski definition) is 0. The Hall–Kier alpha value is -3.11. The third-order valence-corrected chi connectivity index (χ3v) is 6.02. The van der Waals surface area contributed by atoms with Gasteiger partial charge in [0.1, 0.15) is 0 Å². The normalized spacial score (nSPS) is 11.1. The predicted molar refractivity (Wildman–Crippen MR) is 108 cm³/mol. The lowest BCUT2D eigenvalue weighted by atomic mass is 10.1. The molecule has 0 N–H and O–H groups in total. The van der Waals surface area contributed by atoms with Crippen LogP contribution in [0.25, 0.3) is 0 Å². The summed E-state index contributed by atoms with van der Waals surface area (Å²) in [5.74, 6) is -0.311. The van der Waals surface area contributed by atoms with Gasteiger partial charge in [-0.15, -0.1) is 0 Å². The number of sulfonamides is 1. The van der Waals surface area contributed by atoms with Crippen LogP contribution in [0.5, 0.6) is 17.2 Å². The predicted octanol–water partition coefficient (Wildman–Crippen LogP) is 2.00. The number of hydrogen-bond acceptors (Lipinski definition) is 8. The summed E-state index contributed by atoms with van der Waals surface area (Å²) in [7, 11) is 3.50. The summed E-state index contributed by atoms with van der Waals surface area (Å²) in [4.78, 5) is 24.7. The van der Waals surface area contributed by atoms with Gasteiger partial charge in [0.05, 0.1) is 31.8 Å². The van der Waals surface area contributed by atoms with E-state index in [0.717, 1.165) is 4.31 Å². The van der Waals surface area contributed by atoms with Crippen molar-refractivity contribution in [1.82, 2.24) is 4.31 Å². The molecule has 30 heavy (non-hydrogen) atoms. The first-order chi connectivity index (χ1) is 14.1. The van der Waals surface area contributed by atoms with E-state index in [9.17, 15) is 18.0 Å². The molecule has 0 radical (unpaired) electrons. The topological polar surface area (TPSA) is 108 Å². The zero-order chi connectivity index (χ0) is 22.5. The molecule has 162 valence electrons. The van der Waals surface area contributed by atoms with Gasteiger partial charge >= 0.3 is 5.97 Å². The monoisotopic (exact) mass is 437 g/mol. The van der Waals surface area contributed by atoms with E-state index in [1.54, 1.807) is 0 Å². The summed E-state index contributed by atoms with van der Waals surface area (Å²) >= 11 is 0. The number of esters is 1. The van der Waals surface area contributed by atoms with Gasteiger partial charge in [0.15, 0.2) is 18.1 Å². The van der Waals surface area contributed by atoms with Gasteiger partial charge in [-0.05, 0) is 36.4 Å². The lowest BCUT2D eigenvalue weighted by Gasteiger charge is -2.14. The molecule has 0 unspecified atom stereocenters. The summed E-state index contributed by atoms with van der Waals surface area (Å²) in [6.07, 6.45) is 0. The van der Waals surface area contributed by atoms with Crippen LogP contribution in [0.1, 0.15) is 20.7 Å². The van der Waals surface area contributed by atoms with Crippen LogP contribution in [0.3, 0.4) is 0 Å². The van der Waals surface area contributed by atoms with Crippen LogP contribution < -0.4 is 14.2 Å². The molecule has 9 nitrogen and oxygen atoms in total. The van der Waals surface area contributed by atoms with Gasteiger partial charge in [-0.3, -0.25) is 4.79 Å². The van der Waals surface area contributed by atoms with E-state index in [1.165, 1.54) is 71.8 Å². The molecule has 2 rings (SSSR count). The smallest absolute Gasteiger partial charge is 0.338 e. The Morgan fingerprint density at radius 3 is 1.83 bits per heavy atom. The molecule has 10 heteroatoms. The minimum absolute atomic E-state index is 0.0394. The van der Waals surface area contributed by atoms with Crippen molar-refractivity contribution in [3.05, 3.63) is 47.5 Å². The molecular weight excluding hydrogens is 414 g/mol. The number of methoxy groups -OCH3 is 3. The highest BCUT2D eigenvalue weighted by atomic mass is 32.2. The minimum atomic E-state index is -3.61. The fraction of sp³-hybridized carbons (Fsp3) is 0.300. The lowest BCUT2D eigenvalue weighted by molar-refractivity contribution is 0.0474. The first-order valence-corrected chi connectivity index (χ1v) is 10.1. The number of benzene rings is 2. The number of nitrogens with zero attached hydrogens (tertiary/aromatic N) is 1. The molecule has 0 saturated heterocycles. The highest BCUT2D eigenvalue weighted by molar-refractivity contribution is 7.89. The van der Waals surface area contributed by atoms with E-state index >= 15 is 0 Å². The molecule has 0 bridgehead atoms. The highest BCUT2D eigenvalue weighted by Gasteiger charge is 2.20. The molecule has 0 aromatic heterocycles. The number of ether oxygens (including phenoxy) is 4. The largest absolute Gasteiger partial charge is 0.493 e. The van der Waals surface area contributed by atoms with Crippen LogP contribution in [0.15, 0.2) is 41.3 Å². The molecule has 0 aliphatic heterocycles. The first-order valence-electron chi connectivity index (χ1n) is 8.68. The zero-order valence-electron chi connectivity index (χ0n) is 17.3. The van der Waals surface area contributed by atoms with Crippen molar-refractivity contribution < 1.29 is 37.0 Å². The number of carbonyl (C=O) groups excluding carboxylic acids is 2. The summed E-state index contributed by atoms with van der Waals surface area (Å²) in [6, 6.07) is 8.15. The van der Waals surface area contributed by atoms with Crippen molar-refractivity contribution in [2.75, 3.05) is 42.0 Å². The Kier molecular flexibility index (Phi) is 7.41.